The number of rotatable bonds is 12. The van der Waals surface area contributed by atoms with Gasteiger partial charge < -0.3 is 20.1 Å². The van der Waals surface area contributed by atoms with Gasteiger partial charge in [0.15, 0.2) is 6.01 Å². The van der Waals surface area contributed by atoms with Crippen LogP contribution in [0.25, 0.3) is 15.7 Å². The third-order valence-corrected chi connectivity index (χ3v) is 8.11. The number of benzene rings is 2. The number of hydrogen-bond acceptors (Lipinski definition) is 7. The number of ether oxygens (including phenoxy) is 1. The molecule has 2 aromatic carbocycles. The standard InChI is InChI=1S/C29H36FN5O2S2/c1-5-20(4)27(37-26-13-12-24(35-39(36)18-30)22-10-6-7-11-23(22)26)28(38-19(2)3)25-14-16-32-29(34-25)33-21-9-8-15-31-17-21/h6-7,10-14,16,20-21,31,35H,2,5,8-9,15,17-18H2,1,3-4H3,(H,32,33,34)/b28-27+. The highest BCUT2D eigenvalue weighted by Crippen LogP contribution is 2.41. The number of allylic oxidation sites excluding steroid dienone is 2. The lowest BCUT2D eigenvalue weighted by molar-refractivity contribution is 0.360. The van der Waals surface area contributed by atoms with Crippen LogP contribution in [-0.4, -0.2) is 39.3 Å². The van der Waals surface area contributed by atoms with Crippen molar-refractivity contribution in [3.8, 4) is 5.75 Å². The summed E-state index contributed by atoms with van der Waals surface area (Å²) in [4.78, 5) is 11.2. The number of aromatic nitrogens is 2. The predicted molar refractivity (Wildman–Crippen MR) is 163 cm³/mol. The summed E-state index contributed by atoms with van der Waals surface area (Å²) in [5.74, 6) is 2.10. The number of hydrogen-bond donors (Lipinski definition) is 3. The lowest BCUT2D eigenvalue weighted by Crippen LogP contribution is -2.38. The molecular weight excluding hydrogens is 533 g/mol. The molecule has 0 amide bonds. The first-order valence-electron chi connectivity index (χ1n) is 13.2. The zero-order valence-electron chi connectivity index (χ0n) is 22.6. The summed E-state index contributed by atoms with van der Waals surface area (Å²) in [6.07, 6.45) is 4.81. The smallest absolute Gasteiger partial charge is 0.223 e. The minimum absolute atomic E-state index is 0.0800. The van der Waals surface area contributed by atoms with Crippen molar-refractivity contribution in [3.63, 3.8) is 0 Å². The van der Waals surface area contributed by atoms with Crippen molar-refractivity contribution in [2.45, 2.75) is 46.1 Å². The van der Waals surface area contributed by atoms with Gasteiger partial charge in [-0.2, -0.15) is 0 Å². The fraction of sp³-hybridized carbons (Fsp3) is 0.379. The molecule has 1 fully saturated rings. The number of nitrogens with zero attached hydrogens (tertiary/aromatic N) is 2. The first kappa shape index (κ1) is 29.0. The van der Waals surface area contributed by atoms with Gasteiger partial charge in [-0.05, 0) is 55.8 Å². The van der Waals surface area contributed by atoms with Crippen LogP contribution in [0.4, 0.5) is 16.0 Å². The van der Waals surface area contributed by atoms with E-state index in [2.05, 4.69) is 40.8 Å². The molecule has 0 bridgehead atoms. The van der Waals surface area contributed by atoms with E-state index in [-0.39, 0.29) is 12.0 Å². The summed E-state index contributed by atoms with van der Waals surface area (Å²) in [5.41, 5.74) is 1.35. The second-order valence-corrected chi connectivity index (χ2v) is 12.0. The number of thioether (sulfide) groups is 1. The molecule has 0 spiro atoms. The SMILES string of the molecule is C=C(C)S/C(=C(/Oc1ccc(NS(=O)CF)c2ccccc12)C(C)CC)c1ccnc(NC2CCCNC2)n1. The Balaban J connectivity index is 1.77. The summed E-state index contributed by atoms with van der Waals surface area (Å²) in [6, 6.07) is 12.5. The van der Waals surface area contributed by atoms with E-state index in [4.69, 9.17) is 9.72 Å². The van der Waals surface area contributed by atoms with Crippen molar-refractivity contribution in [3.05, 3.63) is 71.6 Å². The van der Waals surface area contributed by atoms with Crippen LogP contribution in [0, 0.1) is 5.92 Å². The van der Waals surface area contributed by atoms with Crippen molar-refractivity contribution >= 4 is 50.1 Å². The quantitative estimate of drug-likeness (QED) is 0.206. The Morgan fingerprint density at radius 2 is 2.08 bits per heavy atom. The number of fused-ring (bicyclic) bond motifs is 1. The predicted octanol–water partition coefficient (Wildman–Crippen LogP) is 6.86. The minimum atomic E-state index is -1.81. The summed E-state index contributed by atoms with van der Waals surface area (Å²) >= 11 is 1.53. The molecule has 0 aliphatic carbocycles. The van der Waals surface area contributed by atoms with Crippen molar-refractivity contribution in [2.75, 3.05) is 29.1 Å². The van der Waals surface area contributed by atoms with E-state index >= 15 is 0 Å². The van der Waals surface area contributed by atoms with Crippen molar-refractivity contribution in [2.24, 2.45) is 5.92 Å². The van der Waals surface area contributed by atoms with Gasteiger partial charge in [-0.3, -0.25) is 0 Å². The Morgan fingerprint density at radius 1 is 1.28 bits per heavy atom. The lowest BCUT2D eigenvalue weighted by Gasteiger charge is -2.24. The molecule has 208 valence electrons. The maximum Gasteiger partial charge on any atom is 0.223 e. The molecule has 7 nitrogen and oxygen atoms in total. The number of anilines is 2. The van der Waals surface area contributed by atoms with E-state index in [1.54, 1.807) is 12.3 Å². The Bertz CT molecular complexity index is 1360. The Labute approximate surface area is 236 Å². The van der Waals surface area contributed by atoms with Crippen LogP contribution in [0.1, 0.15) is 45.7 Å². The van der Waals surface area contributed by atoms with Crippen molar-refractivity contribution in [1.29, 1.82) is 0 Å². The van der Waals surface area contributed by atoms with E-state index in [9.17, 15) is 8.60 Å². The van der Waals surface area contributed by atoms with E-state index in [0.29, 0.717) is 17.4 Å². The normalized spacial score (nSPS) is 17.7. The van der Waals surface area contributed by atoms with Crippen molar-refractivity contribution in [1.82, 2.24) is 15.3 Å². The van der Waals surface area contributed by atoms with Crippen LogP contribution in [0.2, 0.25) is 0 Å². The zero-order valence-corrected chi connectivity index (χ0v) is 24.3. The van der Waals surface area contributed by atoms with Gasteiger partial charge in [0.05, 0.1) is 16.3 Å². The Hall–Kier alpha value is -2.95. The number of piperidine rings is 1. The summed E-state index contributed by atoms with van der Waals surface area (Å²) in [7, 11) is -1.81. The molecule has 4 rings (SSSR count). The molecule has 39 heavy (non-hydrogen) atoms. The van der Waals surface area contributed by atoms with Crippen LogP contribution in [0.5, 0.6) is 5.75 Å². The largest absolute Gasteiger partial charge is 0.460 e. The number of halogens is 1. The Morgan fingerprint density at radius 3 is 2.77 bits per heavy atom. The van der Waals surface area contributed by atoms with Gasteiger partial charge >= 0.3 is 0 Å². The first-order valence-corrected chi connectivity index (χ1v) is 15.3. The monoisotopic (exact) mass is 569 g/mol. The lowest BCUT2D eigenvalue weighted by atomic mass is 10.0. The molecule has 3 unspecified atom stereocenters. The zero-order chi connectivity index (χ0) is 27.8. The van der Waals surface area contributed by atoms with Crippen LogP contribution in [0.15, 0.2) is 65.9 Å². The molecule has 10 heteroatoms. The molecule has 3 atom stereocenters. The van der Waals surface area contributed by atoms with Gasteiger partial charge in [0.25, 0.3) is 0 Å². The molecule has 0 radical (unpaired) electrons. The third-order valence-electron chi connectivity index (χ3n) is 6.51. The van der Waals surface area contributed by atoms with E-state index in [1.807, 2.05) is 43.3 Å². The average Bonchev–Trinajstić information content (AvgIpc) is 2.96. The van der Waals surface area contributed by atoms with Gasteiger partial charge in [0.1, 0.15) is 22.5 Å². The molecular formula is C29H36FN5O2S2. The molecule has 1 aliphatic rings. The maximum atomic E-state index is 12.9. The minimum Gasteiger partial charge on any atom is -0.460 e. The van der Waals surface area contributed by atoms with E-state index in [0.717, 1.165) is 64.4 Å². The van der Waals surface area contributed by atoms with Gasteiger partial charge in [0.2, 0.25) is 5.95 Å². The molecule has 1 saturated heterocycles. The van der Waals surface area contributed by atoms with Crippen LogP contribution in [0.3, 0.4) is 0 Å². The van der Waals surface area contributed by atoms with Crippen LogP contribution >= 0.6 is 11.8 Å². The topological polar surface area (TPSA) is 88.2 Å². The molecule has 3 N–H and O–H groups in total. The fourth-order valence-electron chi connectivity index (χ4n) is 4.39. The summed E-state index contributed by atoms with van der Waals surface area (Å²) < 4.78 is 34.3. The summed E-state index contributed by atoms with van der Waals surface area (Å²) in [5, 5.41) is 8.51. The molecule has 1 aromatic heterocycles. The number of nitrogens with one attached hydrogen (secondary N) is 3. The third kappa shape index (κ3) is 7.58. The van der Waals surface area contributed by atoms with Gasteiger partial charge in [-0.15, -0.1) is 0 Å². The van der Waals surface area contributed by atoms with Gasteiger partial charge in [-0.25, -0.2) is 18.6 Å². The maximum absolute atomic E-state index is 12.9. The van der Waals surface area contributed by atoms with Crippen molar-refractivity contribution < 1.29 is 13.3 Å². The van der Waals surface area contributed by atoms with Gasteiger partial charge in [0, 0.05) is 35.5 Å². The highest BCUT2D eigenvalue weighted by Gasteiger charge is 2.22. The summed E-state index contributed by atoms with van der Waals surface area (Å²) in [6.45, 7) is 12.3. The second-order valence-electron chi connectivity index (χ2n) is 9.58. The first-order chi connectivity index (χ1) is 18.9. The van der Waals surface area contributed by atoms with E-state index < -0.39 is 17.0 Å². The fourth-order valence-corrected chi connectivity index (χ4v) is 5.78. The highest BCUT2D eigenvalue weighted by molar-refractivity contribution is 8.11. The second kappa shape index (κ2) is 13.9. The van der Waals surface area contributed by atoms with E-state index in [1.165, 1.54) is 11.8 Å². The molecule has 0 saturated carbocycles. The highest BCUT2D eigenvalue weighted by atomic mass is 32.2. The molecule has 2 heterocycles. The number of alkyl halides is 1. The van der Waals surface area contributed by atoms with Crippen LogP contribution < -0.4 is 20.1 Å². The average molecular weight is 570 g/mol. The van der Waals surface area contributed by atoms with Crippen LogP contribution in [-0.2, 0) is 11.0 Å². The Kier molecular flexibility index (Phi) is 10.4. The molecule has 3 aromatic rings. The van der Waals surface area contributed by atoms with Gasteiger partial charge in [-0.1, -0.05) is 56.5 Å². The molecule has 1 aliphatic heterocycles.